The molecule has 0 radical (unpaired) electrons. The number of anilines is 1. The van der Waals surface area contributed by atoms with Crippen molar-refractivity contribution in [1.82, 2.24) is 4.90 Å². The molecular formula is C28H39FN2O5. The van der Waals surface area contributed by atoms with Gasteiger partial charge in [0.25, 0.3) is 0 Å². The number of ether oxygens (including phenoxy) is 1. The lowest BCUT2D eigenvalue weighted by molar-refractivity contribution is -0.137. The van der Waals surface area contributed by atoms with Crippen molar-refractivity contribution in [3.8, 4) is 11.5 Å². The Labute approximate surface area is 214 Å². The summed E-state index contributed by atoms with van der Waals surface area (Å²) in [4.78, 5) is 28.4. The fourth-order valence-electron chi connectivity index (χ4n) is 3.28. The third-order valence-corrected chi connectivity index (χ3v) is 4.80. The Kier molecular flexibility index (Phi) is 19.4. The summed E-state index contributed by atoms with van der Waals surface area (Å²) in [6.45, 7) is 13.8. The molecule has 2 aromatic rings. The maximum absolute atomic E-state index is 12.7. The molecule has 3 N–H and O–H groups in total. The van der Waals surface area contributed by atoms with Crippen LogP contribution in [0.25, 0.3) is 0 Å². The Hall–Kier alpha value is -3.94. The number of benzene rings is 2. The molecule has 0 bridgehead atoms. The molecule has 2 aromatic carbocycles. The Bertz CT molecular complexity index is 943. The number of halogens is 1. The number of hydrogen-bond acceptors (Lipinski definition) is 6. The van der Waals surface area contributed by atoms with Crippen molar-refractivity contribution in [3.63, 3.8) is 0 Å². The van der Waals surface area contributed by atoms with E-state index in [2.05, 4.69) is 6.58 Å². The second-order valence-electron chi connectivity index (χ2n) is 7.21. The predicted octanol–water partition coefficient (Wildman–Crippen LogP) is 6.18. The maximum atomic E-state index is 12.7. The third-order valence-electron chi connectivity index (χ3n) is 4.80. The number of allylic oxidation sites excluding steroid dienone is 3. The van der Waals surface area contributed by atoms with E-state index in [-0.39, 0.29) is 12.4 Å². The molecule has 0 amide bonds. The van der Waals surface area contributed by atoms with Gasteiger partial charge >= 0.3 is 5.97 Å². The maximum Gasteiger partial charge on any atom is 0.323 e. The minimum atomic E-state index is -0.783. The monoisotopic (exact) mass is 502 g/mol. The molecule has 198 valence electrons. The minimum Gasteiger partial charge on any atom is -0.480 e. The molecule has 7 nitrogen and oxygen atoms in total. The first-order valence-corrected chi connectivity index (χ1v) is 11.4. The van der Waals surface area contributed by atoms with E-state index in [9.17, 15) is 9.18 Å². The number of aryl methyl sites for hydroxylation is 1. The van der Waals surface area contributed by atoms with Crippen LogP contribution in [0.3, 0.4) is 0 Å². The average molecular weight is 503 g/mol. The van der Waals surface area contributed by atoms with Crippen molar-refractivity contribution in [2.75, 3.05) is 19.3 Å². The van der Waals surface area contributed by atoms with Gasteiger partial charge in [0.15, 0.2) is 0 Å². The van der Waals surface area contributed by atoms with Crippen LogP contribution in [0, 0.1) is 12.7 Å². The van der Waals surface area contributed by atoms with Gasteiger partial charge in [0, 0.05) is 18.4 Å². The largest absolute Gasteiger partial charge is 0.480 e. The number of likely N-dealkylation sites (N-methyl/N-ethyl adjacent to an activating group) is 1. The molecule has 0 heterocycles. The van der Waals surface area contributed by atoms with E-state index in [1.165, 1.54) is 24.1 Å². The summed E-state index contributed by atoms with van der Waals surface area (Å²) < 4.78 is 18.3. The first-order chi connectivity index (χ1) is 17.3. The van der Waals surface area contributed by atoms with E-state index in [0.29, 0.717) is 11.4 Å². The summed E-state index contributed by atoms with van der Waals surface area (Å²) in [6.07, 6.45) is 6.20. The van der Waals surface area contributed by atoms with Crippen molar-refractivity contribution >= 4 is 25.2 Å². The van der Waals surface area contributed by atoms with E-state index >= 15 is 0 Å². The Morgan fingerprint density at radius 2 is 1.64 bits per heavy atom. The molecular weight excluding hydrogens is 463 g/mol. The van der Waals surface area contributed by atoms with Gasteiger partial charge in [0.2, 0.25) is 0 Å². The molecule has 3 rings (SSSR count). The van der Waals surface area contributed by atoms with Crippen molar-refractivity contribution < 1.29 is 28.6 Å². The van der Waals surface area contributed by atoms with Crippen LogP contribution in [0.15, 0.2) is 66.4 Å². The average Bonchev–Trinajstić information content (AvgIpc) is 2.90. The topological polar surface area (TPSA) is 110 Å². The Morgan fingerprint density at radius 3 is 2.14 bits per heavy atom. The normalized spacial score (nSPS) is 11.4. The van der Waals surface area contributed by atoms with Gasteiger partial charge in [0.05, 0.1) is 0 Å². The van der Waals surface area contributed by atoms with Crippen molar-refractivity contribution in [2.24, 2.45) is 0 Å². The van der Waals surface area contributed by atoms with Gasteiger partial charge in [-0.1, -0.05) is 26.5 Å². The number of carboxylic acid groups (broad SMARTS) is 1. The lowest BCUT2D eigenvalue weighted by Crippen LogP contribution is -2.27. The van der Waals surface area contributed by atoms with Crippen LogP contribution >= 0.6 is 0 Å². The number of carbonyl (C=O) groups is 3. The van der Waals surface area contributed by atoms with Crippen molar-refractivity contribution in [2.45, 2.75) is 46.5 Å². The van der Waals surface area contributed by atoms with Gasteiger partial charge in [-0.05, 0) is 86.2 Å². The molecule has 1 aliphatic rings. The zero-order chi connectivity index (χ0) is 28.1. The molecule has 1 aliphatic carbocycles. The lowest BCUT2D eigenvalue weighted by Gasteiger charge is -2.26. The highest BCUT2D eigenvalue weighted by atomic mass is 19.1. The Balaban J connectivity index is 0. The third kappa shape index (κ3) is 13.1. The van der Waals surface area contributed by atoms with Gasteiger partial charge in [-0.15, -0.1) is 0 Å². The summed E-state index contributed by atoms with van der Waals surface area (Å²) in [7, 11) is 1.83. The van der Waals surface area contributed by atoms with Gasteiger partial charge in [-0.2, -0.15) is 0 Å². The Morgan fingerprint density at radius 1 is 1.08 bits per heavy atom. The zero-order valence-electron chi connectivity index (χ0n) is 21.8. The van der Waals surface area contributed by atoms with Crippen LogP contribution in [0.2, 0.25) is 0 Å². The fourth-order valence-corrected chi connectivity index (χ4v) is 3.28. The van der Waals surface area contributed by atoms with Crippen LogP contribution < -0.4 is 10.5 Å². The van der Waals surface area contributed by atoms with Crippen molar-refractivity contribution in [3.05, 3.63) is 77.8 Å². The van der Waals surface area contributed by atoms with Gasteiger partial charge in [0.1, 0.15) is 37.4 Å². The van der Waals surface area contributed by atoms with E-state index in [0.717, 1.165) is 36.3 Å². The molecule has 0 aliphatic heterocycles. The summed E-state index contributed by atoms with van der Waals surface area (Å²) >= 11 is 0. The number of nitrogens with two attached hydrogens (primary N) is 1. The highest BCUT2D eigenvalue weighted by Crippen LogP contribution is 2.27. The molecule has 0 atom stereocenters. The molecule has 36 heavy (non-hydrogen) atoms. The number of hydrogen-bond donors (Lipinski definition) is 2. The number of carboxylic acids is 1. The molecule has 0 saturated carbocycles. The minimum absolute atomic E-state index is 0.0761. The molecule has 8 heteroatoms. The number of nitrogen functional groups attached to an aromatic ring is 1. The van der Waals surface area contributed by atoms with Crippen LogP contribution in [0.4, 0.5) is 10.1 Å². The highest BCUT2D eigenvalue weighted by Gasteiger charge is 2.15. The van der Waals surface area contributed by atoms with Crippen LogP contribution in [0.5, 0.6) is 11.5 Å². The van der Waals surface area contributed by atoms with Gasteiger partial charge in [-0.3, -0.25) is 4.79 Å². The molecule has 0 unspecified atom stereocenters. The van der Waals surface area contributed by atoms with E-state index in [1.807, 2.05) is 58.4 Å². The smallest absolute Gasteiger partial charge is 0.323 e. The molecule has 0 spiro atoms. The van der Waals surface area contributed by atoms with Crippen LogP contribution in [-0.4, -0.2) is 43.1 Å². The van der Waals surface area contributed by atoms with Crippen molar-refractivity contribution in [1.29, 1.82) is 0 Å². The number of aliphatic carboxylic acids is 1. The highest BCUT2D eigenvalue weighted by molar-refractivity contribution is 5.69. The summed E-state index contributed by atoms with van der Waals surface area (Å²) in [5.41, 5.74) is 9.64. The summed E-state index contributed by atoms with van der Waals surface area (Å²) in [6, 6.07) is 11.3. The number of nitrogens with zero attached hydrogens (tertiary/aromatic N) is 1. The molecule has 0 fully saturated rings. The summed E-state index contributed by atoms with van der Waals surface area (Å²) in [5, 5.41) is 8.68. The fraction of sp³-hybridized carbons (Fsp3) is 0.321. The predicted molar refractivity (Wildman–Crippen MR) is 144 cm³/mol. The second kappa shape index (κ2) is 20.4. The zero-order valence-corrected chi connectivity index (χ0v) is 21.8. The quantitative estimate of drug-likeness (QED) is 0.454. The second-order valence-corrected chi connectivity index (χ2v) is 7.21. The number of rotatable bonds is 6. The van der Waals surface area contributed by atoms with E-state index in [4.69, 9.17) is 25.2 Å². The first kappa shape index (κ1) is 34.2. The standard InChI is InChI=1S/C13H12FNO.C11H17NO2.C2H6.2CH2O/c1-9-8-11(15)4-7-13(9)16-12-5-2-10(14)3-6-12;1-3-9-6-4-5-7-10(9)12(2)8-11(13)14;3*1-2/h2-8H,15H2,1H3;3H,1,4-8H2,2H3,(H,13,14);1-2H3;2*1H2. The van der Waals surface area contributed by atoms with E-state index in [1.54, 1.807) is 24.3 Å². The molecule has 0 saturated heterocycles. The SMILES string of the molecule is C=CC1=C(N(C)CC(=O)O)CCCC1.C=O.C=O.CC.Cc1cc(N)ccc1Oc1ccc(F)cc1. The van der Waals surface area contributed by atoms with E-state index < -0.39 is 5.97 Å². The number of carbonyl (C=O) groups excluding carboxylic acids is 2. The van der Waals surface area contributed by atoms with Gasteiger partial charge < -0.3 is 30.1 Å². The molecule has 0 aromatic heterocycles. The van der Waals surface area contributed by atoms with Gasteiger partial charge in [-0.25, -0.2) is 4.39 Å². The van der Waals surface area contributed by atoms with Crippen LogP contribution in [-0.2, 0) is 14.4 Å². The van der Waals surface area contributed by atoms with Crippen LogP contribution in [0.1, 0.15) is 45.1 Å². The summed E-state index contributed by atoms with van der Waals surface area (Å²) in [5.74, 6) is 0.269. The first-order valence-electron chi connectivity index (χ1n) is 11.4. The lowest BCUT2D eigenvalue weighted by atomic mass is 9.95.